The summed E-state index contributed by atoms with van der Waals surface area (Å²) in [6, 6.07) is 13.7. The molecule has 0 radical (unpaired) electrons. The monoisotopic (exact) mass is 306 g/mol. The zero-order valence-electron chi connectivity index (χ0n) is 10.2. The maximum Gasteiger partial charge on any atom is 0.122 e. The summed E-state index contributed by atoms with van der Waals surface area (Å²) in [6.45, 7) is 2.64. The van der Waals surface area contributed by atoms with E-state index in [1.165, 1.54) is 0 Å². The average Bonchev–Trinajstić information content (AvgIpc) is 2.38. The first-order valence-corrected chi connectivity index (χ1v) is 6.56. The number of benzene rings is 2. The average molecular weight is 307 g/mol. The Labute approximate surface area is 115 Å². The zero-order chi connectivity index (χ0) is 13.0. The quantitative estimate of drug-likeness (QED) is 0.930. The molecule has 2 nitrogen and oxygen atoms in total. The van der Waals surface area contributed by atoms with Gasteiger partial charge in [0.2, 0.25) is 0 Å². The van der Waals surface area contributed by atoms with Gasteiger partial charge in [0.05, 0.1) is 6.61 Å². The highest BCUT2D eigenvalue weighted by Crippen LogP contribution is 2.23. The molecule has 0 saturated heterocycles. The van der Waals surface area contributed by atoms with Crippen LogP contribution in [0.3, 0.4) is 0 Å². The molecule has 94 valence electrons. The number of ether oxygens (including phenoxy) is 1. The lowest BCUT2D eigenvalue weighted by atomic mass is 10.1. The van der Waals surface area contributed by atoms with Gasteiger partial charge >= 0.3 is 0 Å². The van der Waals surface area contributed by atoms with E-state index in [0.29, 0.717) is 6.61 Å². The lowest BCUT2D eigenvalue weighted by Crippen LogP contribution is -1.97. The van der Waals surface area contributed by atoms with Gasteiger partial charge in [-0.25, -0.2) is 0 Å². The molecule has 0 unspecified atom stereocenters. The molecule has 3 heteroatoms. The molecule has 2 aromatic carbocycles. The van der Waals surface area contributed by atoms with Crippen molar-refractivity contribution in [3.8, 4) is 5.75 Å². The minimum absolute atomic E-state index is 0.0763. The molecule has 18 heavy (non-hydrogen) atoms. The van der Waals surface area contributed by atoms with Gasteiger partial charge < -0.3 is 9.84 Å². The summed E-state index contributed by atoms with van der Waals surface area (Å²) in [5.41, 5.74) is 3.12. The van der Waals surface area contributed by atoms with Crippen molar-refractivity contribution < 1.29 is 9.84 Å². The van der Waals surface area contributed by atoms with Gasteiger partial charge in [0.25, 0.3) is 0 Å². The Hall–Kier alpha value is -1.32. The fourth-order valence-electron chi connectivity index (χ4n) is 1.68. The summed E-state index contributed by atoms with van der Waals surface area (Å²) in [6.07, 6.45) is 0. The standard InChI is InChI=1S/C15H15BrO2/c1-11-8-14(16)6-7-15(11)18-10-13-4-2-12(9-17)3-5-13/h2-8,17H,9-10H2,1H3. The molecule has 0 fully saturated rings. The van der Waals surface area contributed by atoms with Crippen molar-refractivity contribution in [3.63, 3.8) is 0 Å². The topological polar surface area (TPSA) is 29.5 Å². The molecule has 0 heterocycles. The molecule has 0 bridgehead atoms. The number of rotatable bonds is 4. The van der Waals surface area contributed by atoms with E-state index in [0.717, 1.165) is 26.9 Å². The van der Waals surface area contributed by atoms with E-state index in [9.17, 15) is 0 Å². The Bertz CT molecular complexity index is 521. The second kappa shape index (κ2) is 6.03. The van der Waals surface area contributed by atoms with Crippen molar-refractivity contribution in [3.05, 3.63) is 63.6 Å². The van der Waals surface area contributed by atoms with Crippen LogP contribution in [-0.2, 0) is 13.2 Å². The van der Waals surface area contributed by atoms with Crippen molar-refractivity contribution in [1.29, 1.82) is 0 Å². The molecule has 0 atom stereocenters. The Morgan fingerprint density at radius 2 is 1.72 bits per heavy atom. The number of hydrogen-bond acceptors (Lipinski definition) is 2. The summed E-state index contributed by atoms with van der Waals surface area (Å²) in [5, 5.41) is 8.96. The summed E-state index contributed by atoms with van der Waals surface area (Å²) in [5.74, 6) is 0.893. The smallest absolute Gasteiger partial charge is 0.122 e. The molecule has 0 aromatic heterocycles. The van der Waals surface area contributed by atoms with Crippen LogP contribution < -0.4 is 4.74 Å². The van der Waals surface area contributed by atoms with Crippen molar-refractivity contribution in [1.82, 2.24) is 0 Å². The van der Waals surface area contributed by atoms with Gasteiger partial charge in [-0.3, -0.25) is 0 Å². The number of hydrogen-bond donors (Lipinski definition) is 1. The molecule has 0 aliphatic rings. The molecule has 0 aliphatic heterocycles. The van der Waals surface area contributed by atoms with Gasteiger partial charge in [-0.05, 0) is 41.8 Å². The fourth-order valence-corrected chi connectivity index (χ4v) is 2.15. The summed E-state index contributed by atoms with van der Waals surface area (Å²) >= 11 is 3.43. The van der Waals surface area contributed by atoms with Crippen LogP contribution in [0.2, 0.25) is 0 Å². The Morgan fingerprint density at radius 3 is 2.33 bits per heavy atom. The summed E-state index contributed by atoms with van der Waals surface area (Å²) < 4.78 is 6.82. The predicted octanol–water partition coefficient (Wildman–Crippen LogP) is 3.83. The second-order valence-corrected chi connectivity index (χ2v) is 5.09. The van der Waals surface area contributed by atoms with Crippen LogP contribution in [0.1, 0.15) is 16.7 Å². The van der Waals surface area contributed by atoms with E-state index < -0.39 is 0 Å². The minimum atomic E-state index is 0.0763. The molecule has 0 spiro atoms. The second-order valence-electron chi connectivity index (χ2n) is 4.17. The van der Waals surface area contributed by atoms with Crippen molar-refractivity contribution >= 4 is 15.9 Å². The molecule has 2 aromatic rings. The summed E-state index contributed by atoms with van der Waals surface area (Å²) in [4.78, 5) is 0. The number of aliphatic hydroxyl groups excluding tert-OH is 1. The van der Waals surface area contributed by atoms with E-state index in [2.05, 4.69) is 15.9 Å². The van der Waals surface area contributed by atoms with E-state index in [1.54, 1.807) is 0 Å². The Kier molecular flexibility index (Phi) is 4.39. The lowest BCUT2D eigenvalue weighted by molar-refractivity contribution is 0.281. The van der Waals surface area contributed by atoms with Crippen LogP contribution in [0, 0.1) is 6.92 Å². The lowest BCUT2D eigenvalue weighted by Gasteiger charge is -2.09. The number of aliphatic hydroxyl groups is 1. The van der Waals surface area contributed by atoms with E-state index in [4.69, 9.17) is 9.84 Å². The van der Waals surface area contributed by atoms with E-state index in [1.807, 2.05) is 49.4 Å². The largest absolute Gasteiger partial charge is 0.489 e. The number of aryl methyl sites for hydroxylation is 1. The van der Waals surface area contributed by atoms with Gasteiger partial charge in [-0.15, -0.1) is 0 Å². The maximum atomic E-state index is 8.96. The highest BCUT2D eigenvalue weighted by atomic mass is 79.9. The maximum absolute atomic E-state index is 8.96. The Morgan fingerprint density at radius 1 is 1.06 bits per heavy atom. The van der Waals surface area contributed by atoms with E-state index in [-0.39, 0.29) is 6.61 Å². The molecule has 0 amide bonds. The molecule has 0 saturated carbocycles. The predicted molar refractivity (Wildman–Crippen MR) is 75.6 cm³/mol. The normalized spacial score (nSPS) is 10.4. The molecular formula is C15H15BrO2. The van der Waals surface area contributed by atoms with Crippen LogP contribution in [0.5, 0.6) is 5.75 Å². The van der Waals surface area contributed by atoms with Gasteiger partial charge in [0, 0.05) is 4.47 Å². The third-order valence-corrected chi connectivity index (χ3v) is 3.23. The van der Waals surface area contributed by atoms with Crippen LogP contribution >= 0.6 is 15.9 Å². The van der Waals surface area contributed by atoms with Gasteiger partial charge in [-0.1, -0.05) is 40.2 Å². The van der Waals surface area contributed by atoms with Crippen LogP contribution in [0.25, 0.3) is 0 Å². The van der Waals surface area contributed by atoms with Crippen molar-refractivity contribution in [2.24, 2.45) is 0 Å². The number of halogens is 1. The van der Waals surface area contributed by atoms with Crippen LogP contribution in [-0.4, -0.2) is 5.11 Å². The first-order chi connectivity index (χ1) is 8.69. The summed E-state index contributed by atoms with van der Waals surface area (Å²) in [7, 11) is 0. The van der Waals surface area contributed by atoms with Gasteiger partial charge in [-0.2, -0.15) is 0 Å². The third kappa shape index (κ3) is 3.34. The minimum Gasteiger partial charge on any atom is -0.489 e. The fraction of sp³-hybridized carbons (Fsp3) is 0.200. The Balaban J connectivity index is 2.02. The van der Waals surface area contributed by atoms with Crippen LogP contribution in [0.4, 0.5) is 0 Å². The first-order valence-electron chi connectivity index (χ1n) is 5.76. The molecular weight excluding hydrogens is 292 g/mol. The zero-order valence-corrected chi connectivity index (χ0v) is 11.8. The highest BCUT2D eigenvalue weighted by molar-refractivity contribution is 9.10. The van der Waals surface area contributed by atoms with Crippen molar-refractivity contribution in [2.75, 3.05) is 0 Å². The first kappa shape index (κ1) is 13.1. The molecule has 0 aliphatic carbocycles. The van der Waals surface area contributed by atoms with Crippen molar-refractivity contribution in [2.45, 2.75) is 20.1 Å². The SMILES string of the molecule is Cc1cc(Br)ccc1OCc1ccc(CO)cc1. The molecule has 1 N–H and O–H groups in total. The van der Waals surface area contributed by atoms with Gasteiger partial charge in [0.15, 0.2) is 0 Å². The van der Waals surface area contributed by atoms with Crippen LogP contribution in [0.15, 0.2) is 46.9 Å². The highest BCUT2D eigenvalue weighted by Gasteiger charge is 2.01. The third-order valence-electron chi connectivity index (χ3n) is 2.74. The van der Waals surface area contributed by atoms with E-state index >= 15 is 0 Å². The van der Waals surface area contributed by atoms with Gasteiger partial charge in [0.1, 0.15) is 12.4 Å². The molecule has 2 rings (SSSR count).